The Kier molecular flexibility index (Phi) is 5.49. The quantitative estimate of drug-likeness (QED) is 0.850. The molecule has 6 nitrogen and oxygen atoms in total. The van der Waals surface area contributed by atoms with Gasteiger partial charge in [-0.15, -0.1) is 0 Å². The molecule has 0 spiro atoms. The Morgan fingerprint density at radius 3 is 2.40 bits per heavy atom. The fourth-order valence-corrected chi connectivity index (χ4v) is 1.72. The first-order valence-electron chi connectivity index (χ1n) is 6.52. The minimum Gasteiger partial charge on any atom is -0.481 e. The number of rotatable bonds is 6. The number of aromatic nitrogens is 1. The van der Waals surface area contributed by atoms with Gasteiger partial charge in [0.15, 0.2) is 0 Å². The van der Waals surface area contributed by atoms with E-state index in [4.69, 9.17) is 5.11 Å². The van der Waals surface area contributed by atoms with E-state index in [9.17, 15) is 9.59 Å². The molecule has 0 saturated carbocycles. The fraction of sp³-hybridized carbons (Fsp3) is 0.500. The molecule has 0 aliphatic heterocycles. The first-order valence-corrected chi connectivity index (χ1v) is 6.52. The van der Waals surface area contributed by atoms with Crippen molar-refractivity contribution in [2.75, 3.05) is 32.1 Å². The maximum Gasteiger partial charge on any atom is 0.308 e. The van der Waals surface area contributed by atoms with Gasteiger partial charge in [0.05, 0.1) is 11.5 Å². The second-order valence-electron chi connectivity index (χ2n) is 4.88. The van der Waals surface area contributed by atoms with E-state index in [2.05, 4.69) is 4.98 Å². The van der Waals surface area contributed by atoms with Gasteiger partial charge >= 0.3 is 5.97 Å². The van der Waals surface area contributed by atoms with E-state index in [-0.39, 0.29) is 12.5 Å². The van der Waals surface area contributed by atoms with E-state index < -0.39 is 11.9 Å². The predicted octanol–water partition coefficient (Wildman–Crippen LogP) is 1.33. The molecule has 0 saturated heterocycles. The van der Waals surface area contributed by atoms with Crippen LogP contribution in [0.3, 0.4) is 0 Å². The zero-order chi connectivity index (χ0) is 15.3. The van der Waals surface area contributed by atoms with Crippen LogP contribution in [0.1, 0.15) is 24.2 Å². The molecule has 0 aliphatic rings. The highest BCUT2D eigenvalue weighted by Crippen LogP contribution is 2.11. The van der Waals surface area contributed by atoms with Crippen molar-refractivity contribution in [2.24, 2.45) is 5.92 Å². The van der Waals surface area contributed by atoms with Crippen molar-refractivity contribution in [3.63, 3.8) is 0 Å². The molecular formula is C14H21N3O3. The third kappa shape index (κ3) is 3.94. The third-order valence-corrected chi connectivity index (χ3v) is 3.04. The molecule has 0 fully saturated rings. The standard InChI is InChI=1S/C14H21N3O3/c1-5-17(9-10(2)14(19)20)13(18)11-6-7-12(15-8-11)16(3)4/h6-8,10H,5,9H2,1-4H3,(H,19,20). The Hall–Kier alpha value is -2.11. The number of carboxylic acid groups (broad SMARTS) is 1. The second-order valence-corrected chi connectivity index (χ2v) is 4.88. The largest absolute Gasteiger partial charge is 0.481 e. The summed E-state index contributed by atoms with van der Waals surface area (Å²) in [7, 11) is 3.74. The summed E-state index contributed by atoms with van der Waals surface area (Å²) in [5.74, 6) is -0.924. The first kappa shape index (κ1) is 15.9. The van der Waals surface area contributed by atoms with Crippen molar-refractivity contribution in [3.05, 3.63) is 23.9 Å². The average Bonchev–Trinajstić information content (AvgIpc) is 2.43. The lowest BCUT2D eigenvalue weighted by Gasteiger charge is -2.23. The van der Waals surface area contributed by atoms with E-state index in [1.807, 2.05) is 25.9 Å². The van der Waals surface area contributed by atoms with Crippen LogP contribution in [0.25, 0.3) is 0 Å². The van der Waals surface area contributed by atoms with Gasteiger partial charge in [0, 0.05) is 33.4 Å². The van der Waals surface area contributed by atoms with Crippen LogP contribution in [0.4, 0.5) is 5.82 Å². The number of carbonyl (C=O) groups excluding carboxylic acids is 1. The maximum atomic E-state index is 12.3. The van der Waals surface area contributed by atoms with Crippen molar-refractivity contribution < 1.29 is 14.7 Å². The third-order valence-electron chi connectivity index (χ3n) is 3.04. The van der Waals surface area contributed by atoms with E-state index in [1.165, 1.54) is 11.1 Å². The highest BCUT2D eigenvalue weighted by atomic mass is 16.4. The molecule has 110 valence electrons. The number of hydrogen-bond acceptors (Lipinski definition) is 4. The molecule has 1 N–H and O–H groups in total. The normalized spacial score (nSPS) is 11.8. The van der Waals surface area contributed by atoms with Gasteiger partial charge in [-0.3, -0.25) is 9.59 Å². The average molecular weight is 279 g/mol. The Morgan fingerprint density at radius 2 is 2.00 bits per heavy atom. The van der Waals surface area contributed by atoms with Crippen LogP contribution >= 0.6 is 0 Å². The topological polar surface area (TPSA) is 73.7 Å². The summed E-state index contributed by atoms with van der Waals surface area (Å²) in [4.78, 5) is 30.7. The molecule has 1 amide bonds. The number of anilines is 1. The van der Waals surface area contributed by atoms with Crippen LogP contribution in [0.5, 0.6) is 0 Å². The summed E-state index contributed by atoms with van der Waals surface area (Å²) >= 11 is 0. The van der Waals surface area contributed by atoms with Gasteiger partial charge < -0.3 is 14.9 Å². The van der Waals surface area contributed by atoms with Gasteiger partial charge in [-0.05, 0) is 19.1 Å². The maximum absolute atomic E-state index is 12.3. The smallest absolute Gasteiger partial charge is 0.308 e. The van der Waals surface area contributed by atoms with E-state index >= 15 is 0 Å². The molecule has 1 aromatic rings. The van der Waals surface area contributed by atoms with Crippen molar-refractivity contribution in [3.8, 4) is 0 Å². The molecule has 1 rings (SSSR count). The molecule has 1 heterocycles. The van der Waals surface area contributed by atoms with Crippen molar-refractivity contribution in [1.29, 1.82) is 0 Å². The molecule has 0 radical (unpaired) electrons. The number of pyridine rings is 1. The second kappa shape index (κ2) is 6.88. The summed E-state index contributed by atoms with van der Waals surface area (Å²) in [6.07, 6.45) is 1.52. The number of nitrogens with zero attached hydrogens (tertiary/aromatic N) is 3. The number of aliphatic carboxylic acids is 1. The van der Waals surface area contributed by atoms with Crippen molar-refractivity contribution in [1.82, 2.24) is 9.88 Å². The van der Waals surface area contributed by atoms with Crippen LogP contribution in [0, 0.1) is 5.92 Å². The van der Waals surface area contributed by atoms with E-state index in [1.54, 1.807) is 19.1 Å². The van der Waals surface area contributed by atoms with Gasteiger partial charge in [0.2, 0.25) is 0 Å². The van der Waals surface area contributed by atoms with Crippen LogP contribution in [-0.4, -0.2) is 54.1 Å². The molecule has 1 atom stereocenters. The van der Waals surface area contributed by atoms with E-state index in [0.29, 0.717) is 12.1 Å². The van der Waals surface area contributed by atoms with Crippen LogP contribution in [0.15, 0.2) is 18.3 Å². The SMILES string of the molecule is CCN(CC(C)C(=O)O)C(=O)c1ccc(N(C)C)nc1. The molecule has 20 heavy (non-hydrogen) atoms. The Morgan fingerprint density at radius 1 is 1.35 bits per heavy atom. The van der Waals surface area contributed by atoms with Gasteiger partial charge in [-0.25, -0.2) is 4.98 Å². The predicted molar refractivity (Wildman–Crippen MR) is 76.9 cm³/mol. The van der Waals surface area contributed by atoms with E-state index in [0.717, 1.165) is 5.82 Å². The monoisotopic (exact) mass is 279 g/mol. The molecule has 6 heteroatoms. The van der Waals surface area contributed by atoms with Crippen LogP contribution in [0.2, 0.25) is 0 Å². The summed E-state index contributed by atoms with van der Waals surface area (Å²) in [6.45, 7) is 4.08. The lowest BCUT2D eigenvalue weighted by Crippen LogP contribution is -2.36. The molecule has 0 aromatic carbocycles. The zero-order valence-electron chi connectivity index (χ0n) is 12.3. The summed E-state index contributed by atoms with van der Waals surface area (Å²) in [5.41, 5.74) is 0.468. The van der Waals surface area contributed by atoms with Gasteiger partial charge in [-0.2, -0.15) is 0 Å². The zero-order valence-corrected chi connectivity index (χ0v) is 12.3. The summed E-state index contributed by atoms with van der Waals surface area (Å²) < 4.78 is 0. The highest BCUT2D eigenvalue weighted by Gasteiger charge is 2.20. The lowest BCUT2D eigenvalue weighted by molar-refractivity contribution is -0.141. The number of carboxylic acids is 1. The van der Waals surface area contributed by atoms with Gasteiger partial charge in [0.25, 0.3) is 5.91 Å². The number of amides is 1. The molecule has 0 aliphatic carbocycles. The first-order chi connectivity index (χ1) is 9.36. The van der Waals surface area contributed by atoms with Crippen LogP contribution in [-0.2, 0) is 4.79 Å². The summed E-state index contributed by atoms with van der Waals surface area (Å²) in [5, 5.41) is 8.92. The molecule has 1 aromatic heterocycles. The van der Waals surface area contributed by atoms with Crippen molar-refractivity contribution in [2.45, 2.75) is 13.8 Å². The highest BCUT2D eigenvalue weighted by molar-refractivity contribution is 5.94. The van der Waals surface area contributed by atoms with Gasteiger partial charge in [0.1, 0.15) is 5.82 Å². The Labute approximate surface area is 119 Å². The molecule has 1 unspecified atom stereocenters. The Bertz CT molecular complexity index is 471. The molecule has 0 bridgehead atoms. The minimum absolute atomic E-state index is 0.195. The molecular weight excluding hydrogens is 258 g/mol. The fourth-order valence-electron chi connectivity index (χ4n) is 1.72. The van der Waals surface area contributed by atoms with Crippen LogP contribution < -0.4 is 4.90 Å². The Balaban J connectivity index is 2.83. The number of carbonyl (C=O) groups is 2. The minimum atomic E-state index is -0.905. The van der Waals surface area contributed by atoms with Crippen molar-refractivity contribution >= 4 is 17.7 Å². The van der Waals surface area contributed by atoms with Gasteiger partial charge in [-0.1, -0.05) is 6.92 Å². The lowest BCUT2D eigenvalue weighted by atomic mass is 10.1. The number of hydrogen-bond donors (Lipinski definition) is 1. The summed E-state index contributed by atoms with van der Waals surface area (Å²) in [6, 6.07) is 3.47.